The second-order valence-electron chi connectivity index (χ2n) is 6.85. The summed E-state index contributed by atoms with van der Waals surface area (Å²) in [5.41, 5.74) is 1.75. The average Bonchev–Trinajstić information content (AvgIpc) is 2.58. The first-order chi connectivity index (χ1) is 12.7. The molecule has 0 saturated heterocycles. The third kappa shape index (κ3) is 10.0. The smallest absolute Gasteiger partial charge is 0.191 e. The summed E-state index contributed by atoms with van der Waals surface area (Å²) in [5.74, 6) is 0.689. The summed E-state index contributed by atoms with van der Waals surface area (Å²) in [6.07, 6.45) is 2.29. The van der Waals surface area contributed by atoms with Crippen LogP contribution in [0.15, 0.2) is 28.1 Å². The number of aliphatic imine (C=N–C) groups is 1. The van der Waals surface area contributed by atoms with Crippen molar-refractivity contribution in [3.8, 4) is 0 Å². The highest BCUT2D eigenvalue weighted by molar-refractivity contribution is 14.0. The standard InChI is InChI=1S/C19H34N4O3S.HI/c1-7-26-17(10-11-23(4)5)14-22-19(20-3)21-13-16-8-9-18(15(2)12-16)27(6,24)25;/h8-9,12,17H,7,10-11,13-14H2,1-6H3,(H2,20,21,22);1H. The van der Waals surface area contributed by atoms with Crippen LogP contribution in [0.3, 0.4) is 0 Å². The zero-order chi connectivity index (χ0) is 20.4. The number of ether oxygens (including phenoxy) is 1. The molecule has 162 valence electrons. The van der Waals surface area contributed by atoms with Crippen LogP contribution < -0.4 is 10.6 Å². The molecule has 0 aliphatic rings. The van der Waals surface area contributed by atoms with E-state index in [1.54, 1.807) is 13.1 Å². The minimum atomic E-state index is -3.20. The summed E-state index contributed by atoms with van der Waals surface area (Å²) in [6, 6.07) is 5.37. The van der Waals surface area contributed by atoms with Crippen LogP contribution >= 0.6 is 24.0 Å². The van der Waals surface area contributed by atoms with Gasteiger partial charge in [-0.25, -0.2) is 8.42 Å². The van der Waals surface area contributed by atoms with Gasteiger partial charge in [0.05, 0.1) is 11.0 Å². The summed E-state index contributed by atoms with van der Waals surface area (Å²) in [7, 11) is 2.63. The predicted molar refractivity (Wildman–Crippen MR) is 126 cm³/mol. The molecule has 2 N–H and O–H groups in total. The summed E-state index contributed by atoms with van der Waals surface area (Å²) in [6.45, 7) is 6.68. The Morgan fingerprint density at radius 2 is 1.96 bits per heavy atom. The minimum absolute atomic E-state index is 0. The molecule has 1 unspecified atom stereocenters. The molecule has 1 aromatic carbocycles. The molecule has 0 radical (unpaired) electrons. The molecule has 7 nitrogen and oxygen atoms in total. The quantitative estimate of drug-likeness (QED) is 0.276. The summed E-state index contributed by atoms with van der Waals surface area (Å²) < 4.78 is 29.2. The van der Waals surface area contributed by atoms with Gasteiger partial charge in [-0.3, -0.25) is 4.99 Å². The van der Waals surface area contributed by atoms with E-state index in [1.807, 2.05) is 40.1 Å². The summed E-state index contributed by atoms with van der Waals surface area (Å²) in [4.78, 5) is 6.75. The molecule has 0 aliphatic heterocycles. The fraction of sp³-hybridized carbons (Fsp3) is 0.632. The van der Waals surface area contributed by atoms with Crippen LogP contribution in [0.25, 0.3) is 0 Å². The Morgan fingerprint density at radius 3 is 2.46 bits per heavy atom. The number of benzene rings is 1. The average molecular weight is 526 g/mol. The zero-order valence-corrected chi connectivity index (χ0v) is 20.9. The summed E-state index contributed by atoms with van der Waals surface area (Å²) in [5, 5.41) is 6.55. The van der Waals surface area contributed by atoms with Crippen molar-refractivity contribution in [3.63, 3.8) is 0 Å². The lowest BCUT2D eigenvalue weighted by atomic mass is 10.1. The molecule has 0 aliphatic carbocycles. The SMILES string of the molecule is CCOC(CCN(C)C)CNC(=NC)NCc1ccc(S(C)(=O)=O)c(C)c1.I. The van der Waals surface area contributed by atoms with Crippen LogP contribution in [0.2, 0.25) is 0 Å². The number of hydrogen-bond donors (Lipinski definition) is 2. The lowest BCUT2D eigenvalue weighted by Crippen LogP contribution is -2.42. The third-order valence-corrected chi connectivity index (χ3v) is 5.38. The Labute approximate surface area is 187 Å². The van der Waals surface area contributed by atoms with Gasteiger partial charge < -0.3 is 20.3 Å². The number of aryl methyl sites for hydroxylation is 1. The van der Waals surface area contributed by atoms with E-state index < -0.39 is 9.84 Å². The molecule has 0 amide bonds. The number of halogens is 1. The topological polar surface area (TPSA) is 83.0 Å². The van der Waals surface area contributed by atoms with Gasteiger partial charge in [-0.15, -0.1) is 24.0 Å². The van der Waals surface area contributed by atoms with Gasteiger partial charge in [0.2, 0.25) is 0 Å². The maximum atomic E-state index is 11.7. The zero-order valence-electron chi connectivity index (χ0n) is 17.8. The van der Waals surface area contributed by atoms with Crippen molar-refractivity contribution in [1.29, 1.82) is 0 Å². The Morgan fingerprint density at radius 1 is 1.29 bits per heavy atom. The van der Waals surface area contributed by atoms with Gasteiger partial charge >= 0.3 is 0 Å². The number of nitrogens with zero attached hydrogens (tertiary/aromatic N) is 2. The Kier molecular flexibility index (Phi) is 12.9. The molecule has 1 atom stereocenters. The van der Waals surface area contributed by atoms with Gasteiger partial charge in [-0.1, -0.05) is 12.1 Å². The maximum Gasteiger partial charge on any atom is 0.191 e. The Hall–Kier alpha value is -0.910. The highest BCUT2D eigenvalue weighted by Gasteiger charge is 2.12. The van der Waals surface area contributed by atoms with Gasteiger partial charge in [0.25, 0.3) is 0 Å². The fourth-order valence-corrected chi connectivity index (χ4v) is 3.70. The van der Waals surface area contributed by atoms with Gasteiger partial charge in [0.15, 0.2) is 15.8 Å². The van der Waals surface area contributed by atoms with Crippen molar-refractivity contribution in [2.75, 3.05) is 47.1 Å². The maximum absolute atomic E-state index is 11.7. The normalized spacial score (nSPS) is 13.2. The number of nitrogens with one attached hydrogen (secondary N) is 2. The number of hydrogen-bond acceptors (Lipinski definition) is 5. The van der Waals surface area contributed by atoms with Crippen molar-refractivity contribution in [2.24, 2.45) is 4.99 Å². The van der Waals surface area contributed by atoms with Crippen molar-refractivity contribution in [1.82, 2.24) is 15.5 Å². The van der Waals surface area contributed by atoms with Crippen LogP contribution in [-0.4, -0.2) is 72.5 Å². The van der Waals surface area contributed by atoms with Crippen LogP contribution in [0.5, 0.6) is 0 Å². The first-order valence-corrected chi connectivity index (χ1v) is 11.1. The molecule has 1 rings (SSSR count). The Balaban J connectivity index is 0.00000729. The van der Waals surface area contributed by atoms with Crippen LogP contribution in [0, 0.1) is 6.92 Å². The molecular formula is C19H35IN4O3S. The molecule has 1 aromatic rings. The van der Waals surface area contributed by atoms with Crippen LogP contribution in [0.1, 0.15) is 24.5 Å². The van der Waals surface area contributed by atoms with Crippen molar-refractivity contribution < 1.29 is 13.2 Å². The van der Waals surface area contributed by atoms with Gasteiger partial charge in [0.1, 0.15) is 0 Å². The molecule has 0 fully saturated rings. The first kappa shape index (κ1) is 27.1. The predicted octanol–water partition coefficient (Wildman–Crippen LogP) is 2.04. The van der Waals surface area contributed by atoms with E-state index in [0.717, 1.165) is 24.1 Å². The monoisotopic (exact) mass is 526 g/mol. The van der Waals surface area contributed by atoms with Gasteiger partial charge in [-0.05, 0) is 51.6 Å². The first-order valence-electron chi connectivity index (χ1n) is 9.17. The largest absolute Gasteiger partial charge is 0.377 e. The van der Waals surface area contributed by atoms with E-state index in [-0.39, 0.29) is 30.1 Å². The third-order valence-electron chi connectivity index (χ3n) is 4.12. The molecule has 0 heterocycles. The van der Waals surface area contributed by atoms with E-state index in [0.29, 0.717) is 30.6 Å². The molecular weight excluding hydrogens is 491 g/mol. The second-order valence-corrected chi connectivity index (χ2v) is 8.83. The van der Waals surface area contributed by atoms with E-state index >= 15 is 0 Å². The lowest BCUT2D eigenvalue weighted by Gasteiger charge is -2.21. The van der Waals surface area contributed by atoms with Crippen LogP contribution in [0.4, 0.5) is 0 Å². The number of rotatable bonds is 10. The molecule has 0 saturated carbocycles. The number of sulfone groups is 1. The molecule has 0 aromatic heterocycles. The molecule has 0 spiro atoms. The van der Waals surface area contributed by atoms with Gasteiger partial charge in [-0.2, -0.15) is 0 Å². The molecule has 28 heavy (non-hydrogen) atoms. The second kappa shape index (κ2) is 13.3. The minimum Gasteiger partial charge on any atom is -0.377 e. The summed E-state index contributed by atoms with van der Waals surface area (Å²) >= 11 is 0. The van der Waals surface area contributed by atoms with Crippen LogP contribution in [-0.2, 0) is 21.1 Å². The lowest BCUT2D eigenvalue weighted by molar-refractivity contribution is 0.0548. The highest BCUT2D eigenvalue weighted by atomic mass is 127. The van der Waals surface area contributed by atoms with E-state index in [9.17, 15) is 8.42 Å². The highest BCUT2D eigenvalue weighted by Crippen LogP contribution is 2.16. The van der Waals surface area contributed by atoms with E-state index in [4.69, 9.17) is 4.74 Å². The molecule has 0 bridgehead atoms. The van der Waals surface area contributed by atoms with E-state index in [1.165, 1.54) is 6.26 Å². The van der Waals surface area contributed by atoms with Gasteiger partial charge in [0, 0.05) is 39.5 Å². The van der Waals surface area contributed by atoms with Crippen molar-refractivity contribution in [2.45, 2.75) is 37.8 Å². The van der Waals surface area contributed by atoms with E-state index in [2.05, 4.69) is 20.5 Å². The number of guanidine groups is 1. The fourth-order valence-electron chi connectivity index (χ4n) is 2.74. The molecule has 9 heteroatoms. The van der Waals surface area contributed by atoms with Crippen molar-refractivity contribution in [3.05, 3.63) is 29.3 Å². The Bertz CT molecular complexity index is 724. The van der Waals surface area contributed by atoms with Crippen molar-refractivity contribution >= 4 is 39.8 Å².